The molecule has 6 heteroatoms. The minimum absolute atomic E-state index is 0.167. The molecular weight excluding hydrogens is 358 g/mol. The lowest BCUT2D eigenvalue weighted by Gasteiger charge is -2.22. The monoisotopic (exact) mass is 401 g/mol. The highest BCUT2D eigenvalue weighted by Crippen LogP contribution is 2.12. The van der Waals surface area contributed by atoms with Gasteiger partial charge >= 0.3 is 12.1 Å². The van der Waals surface area contributed by atoms with Crippen LogP contribution in [0, 0.1) is 0 Å². The second-order valence-corrected chi connectivity index (χ2v) is 7.45. The number of carbonyl (C=O) groups is 2. The molecule has 0 aliphatic heterocycles. The fourth-order valence-corrected chi connectivity index (χ4v) is 2.87. The molecule has 0 fully saturated rings. The van der Waals surface area contributed by atoms with Crippen LogP contribution in [0.25, 0.3) is 0 Å². The first-order valence-corrected chi connectivity index (χ1v) is 11.1. The molecule has 1 unspecified atom stereocenters. The van der Waals surface area contributed by atoms with Gasteiger partial charge in [0.1, 0.15) is 12.6 Å². The molecule has 0 spiro atoms. The van der Waals surface area contributed by atoms with Crippen LogP contribution in [0.2, 0.25) is 0 Å². The fraction of sp³-hybridized carbons (Fsp3) is 0.909. The third-order valence-electron chi connectivity index (χ3n) is 4.97. The van der Waals surface area contributed by atoms with Crippen molar-refractivity contribution < 1.29 is 23.8 Å². The molecule has 0 aromatic rings. The normalized spacial score (nSPS) is 11.9. The number of hydrogen-bond acceptors (Lipinski definition) is 5. The lowest BCUT2D eigenvalue weighted by atomic mass is 10.1. The number of ether oxygens (including phenoxy) is 3. The lowest BCUT2D eigenvalue weighted by molar-refractivity contribution is -0.148. The van der Waals surface area contributed by atoms with Crippen LogP contribution in [0.15, 0.2) is 0 Å². The molecule has 0 rings (SSSR count). The molecule has 166 valence electrons. The Morgan fingerprint density at radius 3 is 1.75 bits per heavy atom. The van der Waals surface area contributed by atoms with Crippen molar-refractivity contribution in [2.24, 2.45) is 0 Å². The summed E-state index contributed by atoms with van der Waals surface area (Å²) in [5.74, 6) is -0.394. The molecular formula is C22H43NO5. The van der Waals surface area contributed by atoms with E-state index >= 15 is 0 Å². The highest BCUT2D eigenvalue weighted by atomic mass is 16.6. The van der Waals surface area contributed by atoms with Gasteiger partial charge in [0.2, 0.25) is 0 Å². The Balaban J connectivity index is 3.56. The standard InChI is InChI=1S/C22H43NO5/c1-5-6-7-8-9-10-11-12-13-14-15-16-17-27-21(24)20(2)23(3)22(25)28-19-18-26-4/h20H,5-19H2,1-4H3. The molecule has 0 radical (unpaired) electrons. The quantitative estimate of drug-likeness (QED) is 0.229. The predicted molar refractivity (Wildman–Crippen MR) is 112 cm³/mol. The first-order chi connectivity index (χ1) is 13.5. The minimum atomic E-state index is -0.660. The molecule has 0 heterocycles. The number of esters is 1. The average Bonchev–Trinajstić information content (AvgIpc) is 2.70. The number of rotatable bonds is 18. The molecule has 0 aliphatic carbocycles. The Morgan fingerprint density at radius 1 is 0.750 bits per heavy atom. The van der Waals surface area contributed by atoms with E-state index in [1.165, 1.54) is 83.3 Å². The molecule has 6 nitrogen and oxygen atoms in total. The SMILES string of the molecule is CCCCCCCCCCCCCCOC(=O)C(C)N(C)C(=O)OCCOC. The van der Waals surface area contributed by atoms with Crippen molar-refractivity contribution in [2.45, 2.75) is 96.9 Å². The van der Waals surface area contributed by atoms with Crippen LogP contribution in [0.5, 0.6) is 0 Å². The van der Waals surface area contributed by atoms with Gasteiger partial charge in [0.05, 0.1) is 13.2 Å². The van der Waals surface area contributed by atoms with Crippen LogP contribution in [0.3, 0.4) is 0 Å². The number of likely N-dealkylation sites (N-methyl/N-ethyl adjacent to an activating group) is 1. The summed E-state index contributed by atoms with van der Waals surface area (Å²) in [7, 11) is 3.07. The Kier molecular flexibility index (Phi) is 18.2. The predicted octanol–water partition coefficient (Wildman–Crippen LogP) is 5.33. The Hall–Kier alpha value is -1.30. The van der Waals surface area contributed by atoms with Crippen LogP contribution >= 0.6 is 0 Å². The van der Waals surface area contributed by atoms with E-state index in [9.17, 15) is 9.59 Å². The summed E-state index contributed by atoms with van der Waals surface area (Å²) in [6, 6.07) is -0.660. The molecule has 0 aliphatic rings. The molecule has 0 N–H and O–H groups in total. The molecule has 0 aromatic heterocycles. The Morgan fingerprint density at radius 2 is 1.25 bits per heavy atom. The van der Waals surface area contributed by atoms with Crippen molar-refractivity contribution in [3.05, 3.63) is 0 Å². The van der Waals surface area contributed by atoms with Gasteiger partial charge < -0.3 is 14.2 Å². The summed E-state index contributed by atoms with van der Waals surface area (Å²) in [5, 5.41) is 0. The maximum atomic E-state index is 12.0. The van der Waals surface area contributed by atoms with Crippen molar-refractivity contribution in [1.29, 1.82) is 0 Å². The van der Waals surface area contributed by atoms with E-state index in [0.717, 1.165) is 12.8 Å². The summed E-state index contributed by atoms with van der Waals surface area (Å²) in [6.45, 7) is 4.80. The average molecular weight is 402 g/mol. The maximum Gasteiger partial charge on any atom is 0.410 e. The first-order valence-electron chi connectivity index (χ1n) is 11.1. The number of amides is 1. The van der Waals surface area contributed by atoms with Gasteiger partial charge in [-0.1, -0.05) is 77.6 Å². The number of carbonyl (C=O) groups excluding carboxylic acids is 2. The van der Waals surface area contributed by atoms with Crippen molar-refractivity contribution in [3.63, 3.8) is 0 Å². The van der Waals surface area contributed by atoms with E-state index in [1.807, 2.05) is 0 Å². The van der Waals surface area contributed by atoms with Crippen molar-refractivity contribution in [3.8, 4) is 0 Å². The van der Waals surface area contributed by atoms with Gasteiger partial charge in [-0.25, -0.2) is 9.59 Å². The van der Waals surface area contributed by atoms with Crippen molar-refractivity contribution >= 4 is 12.1 Å². The van der Waals surface area contributed by atoms with Crippen LogP contribution in [0.1, 0.15) is 90.9 Å². The summed E-state index contributed by atoms with van der Waals surface area (Å²) in [4.78, 5) is 25.1. The van der Waals surface area contributed by atoms with Gasteiger partial charge in [-0.2, -0.15) is 0 Å². The summed E-state index contributed by atoms with van der Waals surface area (Å²) in [6.07, 6.45) is 14.7. The summed E-state index contributed by atoms with van der Waals surface area (Å²) < 4.78 is 15.1. The first kappa shape index (κ1) is 26.7. The molecule has 0 bridgehead atoms. The maximum absolute atomic E-state index is 12.0. The van der Waals surface area contributed by atoms with E-state index in [1.54, 1.807) is 6.92 Å². The third kappa shape index (κ3) is 14.7. The number of methoxy groups -OCH3 is 1. The smallest absolute Gasteiger partial charge is 0.410 e. The molecule has 0 saturated heterocycles. The number of hydrogen-bond donors (Lipinski definition) is 0. The van der Waals surface area contributed by atoms with E-state index < -0.39 is 18.1 Å². The third-order valence-corrected chi connectivity index (χ3v) is 4.97. The zero-order valence-corrected chi connectivity index (χ0v) is 18.7. The van der Waals surface area contributed by atoms with Gasteiger partial charge in [0.25, 0.3) is 0 Å². The topological polar surface area (TPSA) is 65.1 Å². The largest absolute Gasteiger partial charge is 0.464 e. The molecule has 0 saturated carbocycles. The zero-order valence-electron chi connectivity index (χ0n) is 18.7. The van der Waals surface area contributed by atoms with Gasteiger partial charge in [0.15, 0.2) is 0 Å². The molecule has 1 amide bonds. The van der Waals surface area contributed by atoms with Gasteiger partial charge in [-0.15, -0.1) is 0 Å². The molecule has 0 aromatic carbocycles. The number of nitrogens with zero attached hydrogens (tertiary/aromatic N) is 1. The van der Waals surface area contributed by atoms with Gasteiger partial charge in [-0.05, 0) is 13.3 Å². The van der Waals surface area contributed by atoms with E-state index in [4.69, 9.17) is 14.2 Å². The Bertz CT molecular complexity index is 389. The molecule has 28 heavy (non-hydrogen) atoms. The van der Waals surface area contributed by atoms with E-state index in [-0.39, 0.29) is 6.61 Å². The van der Waals surface area contributed by atoms with Crippen LogP contribution in [-0.4, -0.2) is 57.0 Å². The molecule has 1 atom stereocenters. The van der Waals surface area contributed by atoms with Crippen molar-refractivity contribution in [2.75, 3.05) is 34.0 Å². The highest BCUT2D eigenvalue weighted by Gasteiger charge is 2.24. The van der Waals surface area contributed by atoms with Gasteiger partial charge in [0, 0.05) is 14.2 Å². The van der Waals surface area contributed by atoms with Crippen molar-refractivity contribution in [1.82, 2.24) is 4.90 Å². The van der Waals surface area contributed by atoms with Gasteiger partial charge in [-0.3, -0.25) is 4.90 Å². The number of unbranched alkanes of at least 4 members (excludes halogenated alkanes) is 11. The minimum Gasteiger partial charge on any atom is -0.464 e. The highest BCUT2D eigenvalue weighted by molar-refractivity contribution is 5.80. The second kappa shape index (κ2) is 19.0. The summed E-state index contributed by atoms with van der Waals surface area (Å²) >= 11 is 0. The zero-order chi connectivity index (χ0) is 21.0. The Labute approximate surface area is 172 Å². The van der Waals surface area contributed by atoms with E-state index in [2.05, 4.69) is 6.92 Å². The van der Waals surface area contributed by atoms with Crippen LogP contribution < -0.4 is 0 Å². The second-order valence-electron chi connectivity index (χ2n) is 7.45. The summed E-state index contributed by atoms with van der Waals surface area (Å²) in [5.41, 5.74) is 0. The lowest BCUT2D eigenvalue weighted by Crippen LogP contribution is -2.42. The van der Waals surface area contributed by atoms with Crippen LogP contribution in [0.4, 0.5) is 4.79 Å². The van der Waals surface area contributed by atoms with E-state index in [0.29, 0.717) is 13.2 Å². The fourth-order valence-electron chi connectivity index (χ4n) is 2.87. The van der Waals surface area contributed by atoms with Crippen LogP contribution in [-0.2, 0) is 19.0 Å².